The fraction of sp³-hybridized carbons (Fsp3) is 0.273. The summed E-state index contributed by atoms with van der Waals surface area (Å²) in [6, 6.07) is 1.11. The van der Waals surface area contributed by atoms with E-state index in [-0.39, 0.29) is 6.54 Å². The van der Waals surface area contributed by atoms with E-state index >= 15 is 0 Å². The lowest BCUT2D eigenvalue weighted by Crippen LogP contribution is -2.30. The third-order valence-corrected chi connectivity index (χ3v) is 3.93. The summed E-state index contributed by atoms with van der Waals surface area (Å²) >= 11 is 0. The number of halogens is 2. The van der Waals surface area contributed by atoms with Gasteiger partial charge in [-0.2, -0.15) is 0 Å². The highest BCUT2D eigenvalue weighted by Gasteiger charge is 2.28. The van der Waals surface area contributed by atoms with Crippen LogP contribution >= 0.6 is 0 Å². The van der Waals surface area contributed by atoms with Gasteiger partial charge in [0.15, 0.2) is 15.7 Å². The molecule has 110 valence electrons. The van der Waals surface area contributed by atoms with Crippen LogP contribution in [0, 0.1) is 11.6 Å². The quantitative estimate of drug-likeness (QED) is 0.775. The molecule has 0 unspecified atom stereocenters. The van der Waals surface area contributed by atoms with Crippen LogP contribution in [0.3, 0.4) is 0 Å². The zero-order valence-corrected chi connectivity index (χ0v) is 11.1. The highest BCUT2D eigenvalue weighted by Crippen LogP contribution is 2.22. The second-order valence-electron chi connectivity index (χ2n) is 3.75. The Morgan fingerprint density at radius 1 is 1.30 bits per heavy atom. The maximum atomic E-state index is 13.8. The lowest BCUT2D eigenvalue weighted by molar-refractivity contribution is -0.118. The van der Waals surface area contributed by atoms with Gasteiger partial charge in [-0.3, -0.25) is 4.79 Å². The lowest BCUT2D eigenvalue weighted by atomic mass is 10.2. The minimum atomic E-state index is -4.40. The Bertz CT molecular complexity index is 657. The summed E-state index contributed by atoms with van der Waals surface area (Å²) in [4.78, 5) is 20.9. The van der Waals surface area contributed by atoms with Gasteiger partial charge in [-0.05, 0) is 19.1 Å². The van der Waals surface area contributed by atoms with Crippen LogP contribution in [0.5, 0.6) is 0 Å². The lowest BCUT2D eigenvalue weighted by Gasteiger charge is -2.08. The van der Waals surface area contributed by atoms with Crippen molar-refractivity contribution in [3.05, 3.63) is 29.3 Å². The number of sulfone groups is 1. The third-order valence-electron chi connectivity index (χ3n) is 2.30. The Morgan fingerprint density at radius 2 is 1.90 bits per heavy atom. The second-order valence-corrected chi connectivity index (χ2v) is 5.71. The summed E-state index contributed by atoms with van der Waals surface area (Å²) in [5.74, 6) is -6.97. The molecule has 0 aliphatic heterocycles. The SMILES string of the molecule is CCNC(=O)CS(=O)(=O)c1ccc(F)c(C(=O)O)c1F. The monoisotopic (exact) mass is 307 g/mol. The number of hydrogen-bond acceptors (Lipinski definition) is 4. The molecule has 0 bridgehead atoms. The second kappa shape index (κ2) is 5.95. The van der Waals surface area contributed by atoms with Crippen molar-refractivity contribution in [2.75, 3.05) is 12.3 Å². The topological polar surface area (TPSA) is 101 Å². The molecule has 1 aromatic carbocycles. The van der Waals surface area contributed by atoms with Crippen molar-refractivity contribution in [3.8, 4) is 0 Å². The average Bonchev–Trinajstić information content (AvgIpc) is 2.27. The van der Waals surface area contributed by atoms with E-state index in [1.165, 1.54) is 0 Å². The van der Waals surface area contributed by atoms with Gasteiger partial charge in [0, 0.05) is 6.54 Å². The minimum Gasteiger partial charge on any atom is -0.477 e. The zero-order valence-electron chi connectivity index (χ0n) is 10.3. The van der Waals surface area contributed by atoms with Crippen LogP contribution in [0.2, 0.25) is 0 Å². The van der Waals surface area contributed by atoms with Crippen molar-refractivity contribution in [2.24, 2.45) is 0 Å². The van der Waals surface area contributed by atoms with Gasteiger partial charge in [-0.15, -0.1) is 0 Å². The molecular formula is C11H11F2NO5S. The molecule has 0 spiro atoms. The van der Waals surface area contributed by atoms with Gasteiger partial charge < -0.3 is 10.4 Å². The number of carbonyl (C=O) groups excluding carboxylic acids is 1. The summed E-state index contributed by atoms with van der Waals surface area (Å²) in [6.45, 7) is 1.74. The minimum absolute atomic E-state index is 0.181. The van der Waals surface area contributed by atoms with Crippen LogP contribution in [0.15, 0.2) is 17.0 Å². The Morgan fingerprint density at radius 3 is 2.40 bits per heavy atom. The molecule has 0 saturated heterocycles. The van der Waals surface area contributed by atoms with Gasteiger partial charge in [0.05, 0.1) is 0 Å². The molecule has 0 aromatic heterocycles. The molecule has 0 atom stereocenters. The number of amides is 1. The van der Waals surface area contributed by atoms with Crippen molar-refractivity contribution < 1.29 is 31.9 Å². The van der Waals surface area contributed by atoms with E-state index in [0.717, 1.165) is 0 Å². The summed E-state index contributed by atoms with van der Waals surface area (Å²) in [5.41, 5.74) is -1.37. The Labute approximate surface area is 113 Å². The summed E-state index contributed by atoms with van der Waals surface area (Å²) in [5, 5.41) is 10.9. The molecular weight excluding hydrogens is 296 g/mol. The molecule has 2 N–H and O–H groups in total. The third kappa shape index (κ3) is 3.29. The molecule has 0 radical (unpaired) electrons. The fourth-order valence-corrected chi connectivity index (χ4v) is 2.72. The molecule has 0 saturated carbocycles. The zero-order chi connectivity index (χ0) is 15.5. The van der Waals surface area contributed by atoms with Crippen molar-refractivity contribution in [1.29, 1.82) is 0 Å². The molecule has 1 rings (SSSR count). The smallest absolute Gasteiger partial charge is 0.341 e. The first-order chi connectivity index (χ1) is 9.20. The molecule has 0 aliphatic carbocycles. The number of benzene rings is 1. The number of aromatic carboxylic acids is 1. The van der Waals surface area contributed by atoms with E-state index < -0.39 is 49.6 Å². The first-order valence-electron chi connectivity index (χ1n) is 5.41. The molecule has 1 amide bonds. The maximum absolute atomic E-state index is 13.8. The summed E-state index contributed by atoms with van der Waals surface area (Å²) in [7, 11) is -4.40. The number of carboxylic acid groups (broad SMARTS) is 1. The predicted molar refractivity (Wildman–Crippen MR) is 64.1 cm³/mol. The molecule has 0 aliphatic rings. The Kier molecular flexibility index (Phi) is 4.77. The maximum Gasteiger partial charge on any atom is 0.341 e. The van der Waals surface area contributed by atoms with Gasteiger partial charge in [-0.25, -0.2) is 22.0 Å². The highest BCUT2D eigenvalue weighted by atomic mass is 32.2. The predicted octanol–water partition coefficient (Wildman–Crippen LogP) is 0.573. The molecule has 6 nitrogen and oxygen atoms in total. The van der Waals surface area contributed by atoms with E-state index in [9.17, 15) is 26.8 Å². The average molecular weight is 307 g/mol. The highest BCUT2D eigenvalue weighted by molar-refractivity contribution is 7.92. The van der Waals surface area contributed by atoms with E-state index in [1.54, 1.807) is 6.92 Å². The Balaban J connectivity index is 3.30. The van der Waals surface area contributed by atoms with Crippen LogP contribution in [0.1, 0.15) is 17.3 Å². The van der Waals surface area contributed by atoms with Crippen molar-refractivity contribution in [3.63, 3.8) is 0 Å². The largest absolute Gasteiger partial charge is 0.477 e. The van der Waals surface area contributed by atoms with E-state index in [4.69, 9.17) is 5.11 Å². The number of carbonyl (C=O) groups is 2. The molecule has 9 heteroatoms. The van der Waals surface area contributed by atoms with Gasteiger partial charge in [-0.1, -0.05) is 0 Å². The van der Waals surface area contributed by atoms with Crippen LogP contribution in [0.25, 0.3) is 0 Å². The van der Waals surface area contributed by atoms with Crippen LogP contribution in [-0.2, 0) is 14.6 Å². The normalized spacial score (nSPS) is 11.2. The fourth-order valence-electron chi connectivity index (χ4n) is 1.47. The Hall–Kier alpha value is -2.03. The summed E-state index contributed by atoms with van der Waals surface area (Å²) < 4.78 is 50.6. The molecule has 20 heavy (non-hydrogen) atoms. The van der Waals surface area contributed by atoms with Crippen LogP contribution in [0.4, 0.5) is 8.78 Å². The van der Waals surface area contributed by atoms with Crippen molar-refractivity contribution in [2.45, 2.75) is 11.8 Å². The van der Waals surface area contributed by atoms with Crippen LogP contribution < -0.4 is 5.32 Å². The van der Waals surface area contributed by atoms with Gasteiger partial charge >= 0.3 is 5.97 Å². The van der Waals surface area contributed by atoms with Crippen LogP contribution in [-0.4, -0.2) is 37.7 Å². The number of hydrogen-bond donors (Lipinski definition) is 2. The van der Waals surface area contributed by atoms with Crippen molar-refractivity contribution >= 4 is 21.7 Å². The van der Waals surface area contributed by atoms with Gasteiger partial charge in [0.1, 0.15) is 22.0 Å². The van der Waals surface area contributed by atoms with Gasteiger partial charge in [0.2, 0.25) is 5.91 Å². The number of rotatable bonds is 5. The molecule has 0 heterocycles. The van der Waals surface area contributed by atoms with E-state index in [1.807, 2.05) is 0 Å². The number of carboxylic acids is 1. The van der Waals surface area contributed by atoms with E-state index in [2.05, 4.69) is 5.32 Å². The van der Waals surface area contributed by atoms with Crippen molar-refractivity contribution in [1.82, 2.24) is 5.32 Å². The van der Waals surface area contributed by atoms with E-state index in [0.29, 0.717) is 12.1 Å². The molecule has 0 fully saturated rings. The van der Waals surface area contributed by atoms with Gasteiger partial charge in [0.25, 0.3) is 0 Å². The molecule has 1 aromatic rings. The summed E-state index contributed by atoms with van der Waals surface area (Å²) in [6.07, 6.45) is 0. The number of nitrogens with one attached hydrogen (secondary N) is 1. The first-order valence-corrected chi connectivity index (χ1v) is 7.06. The standard InChI is InChI=1S/C11H11F2NO5S/c1-2-14-8(15)5-20(18,19)7-4-3-6(12)9(10(7)13)11(16)17/h3-4H,2,5H2,1H3,(H,14,15)(H,16,17). The first kappa shape index (κ1) is 16.0.